The van der Waals surface area contributed by atoms with E-state index in [1.54, 1.807) is 0 Å². The molecule has 2 rings (SSSR count). The first-order chi connectivity index (χ1) is 9.70. The zero-order valence-electron chi connectivity index (χ0n) is 11.2. The van der Waals surface area contributed by atoms with Gasteiger partial charge in [-0.2, -0.15) is 5.26 Å². The van der Waals surface area contributed by atoms with Gasteiger partial charge in [-0.25, -0.2) is 0 Å². The van der Waals surface area contributed by atoms with Crippen LogP contribution in [0.5, 0.6) is 5.75 Å². The van der Waals surface area contributed by atoms with Crippen LogP contribution in [0.15, 0.2) is 42.5 Å². The fourth-order valence-electron chi connectivity index (χ4n) is 1.98. The number of nitrogens with zero attached hydrogens (tertiary/aromatic N) is 1. The number of nitriles is 1. The Morgan fingerprint density at radius 1 is 1.25 bits per heavy atom. The van der Waals surface area contributed by atoms with Crippen molar-refractivity contribution < 1.29 is 14.3 Å². The highest BCUT2D eigenvalue weighted by molar-refractivity contribution is 5.88. The smallest absolute Gasteiger partial charge is 0.303 e. The standard InChI is InChI=1S/C16H15NO3/c1-12(18)20-14(9-10-17)11-19-16-8-4-6-13-5-2-3-7-15(13)16/h2-8,14H,9,11H2,1H3/t14-/m1/s1. The van der Waals surface area contributed by atoms with Crippen molar-refractivity contribution in [3.8, 4) is 11.8 Å². The number of carbonyl (C=O) groups is 1. The molecule has 0 saturated carbocycles. The third-order valence-electron chi connectivity index (χ3n) is 2.83. The zero-order valence-corrected chi connectivity index (χ0v) is 11.2. The highest BCUT2D eigenvalue weighted by Gasteiger charge is 2.13. The number of esters is 1. The van der Waals surface area contributed by atoms with E-state index in [9.17, 15) is 4.79 Å². The van der Waals surface area contributed by atoms with Gasteiger partial charge in [-0.15, -0.1) is 0 Å². The largest absolute Gasteiger partial charge is 0.489 e. The maximum absolute atomic E-state index is 11.0. The van der Waals surface area contributed by atoms with Crippen molar-refractivity contribution in [3.05, 3.63) is 42.5 Å². The summed E-state index contributed by atoms with van der Waals surface area (Å²) in [6, 6.07) is 15.6. The maximum Gasteiger partial charge on any atom is 0.303 e. The van der Waals surface area contributed by atoms with Crippen LogP contribution in [-0.4, -0.2) is 18.7 Å². The highest BCUT2D eigenvalue weighted by atomic mass is 16.6. The topological polar surface area (TPSA) is 59.3 Å². The Bertz CT molecular complexity index is 640. The number of benzene rings is 2. The van der Waals surface area contributed by atoms with Crippen LogP contribution in [0.25, 0.3) is 10.8 Å². The van der Waals surface area contributed by atoms with E-state index in [1.165, 1.54) is 6.92 Å². The first-order valence-electron chi connectivity index (χ1n) is 6.35. The van der Waals surface area contributed by atoms with Crippen molar-refractivity contribution in [1.29, 1.82) is 5.26 Å². The normalized spacial score (nSPS) is 11.6. The van der Waals surface area contributed by atoms with Crippen LogP contribution in [0.2, 0.25) is 0 Å². The second kappa shape index (κ2) is 6.58. The van der Waals surface area contributed by atoms with E-state index in [0.29, 0.717) is 0 Å². The molecule has 0 N–H and O–H groups in total. The molecule has 0 aliphatic carbocycles. The van der Waals surface area contributed by atoms with Crippen LogP contribution in [0.4, 0.5) is 0 Å². The molecular formula is C16H15NO3. The molecule has 0 aliphatic rings. The number of rotatable bonds is 5. The van der Waals surface area contributed by atoms with E-state index < -0.39 is 12.1 Å². The van der Waals surface area contributed by atoms with Gasteiger partial charge >= 0.3 is 5.97 Å². The van der Waals surface area contributed by atoms with Crippen molar-refractivity contribution >= 4 is 16.7 Å². The fraction of sp³-hybridized carbons (Fsp3) is 0.250. The molecule has 0 bridgehead atoms. The summed E-state index contributed by atoms with van der Waals surface area (Å²) in [5.74, 6) is 0.310. The van der Waals surface area contributed by atoms with Crippen molar-refractivity contribution in [1.82, 2.24) is 0 Å². The molecular weight excluding hydrogens is 254 g/mol. The lowest BCUT2D eigenvalue weighted by Gasteiger charge is -2.16. The van der Waals surface area contributed by atoms with Gasteiger partial charge < -0.3 is 9.47 Å². The highest BCUT2D eigenvalue weighted by Crippen LogP contribution is 2.25. The first-order valence-corrected chi connectivity index (χ1v) is 6.35. The lowest BCUT2D eigenvalue weighted by Crippen LogP contribution is -2.23. The number of hydrogen-bond acceptors (Lipinski definition) is 4. The van der Waals surface area contributed by atoms with Crippen LogP contribution in [0.3, 0.4) is 0 Å². The quantitative estimate of drug-likeness (QED) is 0.783. The Hall–Kier alpha value is -2.54. The minimum Gasteiger partial charge on any atom is -0.489 e. The molecule has 4 heteroatoms. The molecule has 0 unspecified atom stereocenters. The van der Waals surface area contributed by atoms with Crippen molar-refractivity contribution in [3.63, 3.8) is 0 Å². The van der Waals surface area contributed by atoms with Crippen LogP contribution in [0, 0.1) is 11.3 Å². The summed E-state index contributed by atoms with van der Waals surface area (Å²) in [5.41, 5.74) is 0. The van der Waals surface area contributed by atoms with Gasteiger partial charge in [0.1, 0.15) is 18.5 Å². The second-order valence-electron chi connectivity index (χ2n) is 4.38. The van der Waals surface area contributed by atoms with Crippen LogP contribution in [0.1, 0.15) is 13.3 Å². The van der Waals surface area contributed by atoms with E-state index in [0.717, 1.165) is 16.5 Å². The van der Waals surface area contributed by atoms with Gasteiger partial charge in [0.2, 0.25) is 0 Å². The first kappa shape index (κ1) is 13.9. The molecule has 0 aliphatic heterocycles. The Morgan fingerprint density at radius 3 is 2.75 bits per heavy atom. The molecule has 0 heterocycles. The molecule has 0 radical (unpaired) electrons. The summed E-state index contributed by atoms with van der Waals surface area (Å²) in [6.45, 7) is 1.49. The Morgan fingerprint density at radius 2 is 2.00 bits per heavy atom. The van der Waals surface area contributed by atoms with E-state index >= 15 is 0 Å². The maximum atomic E-state index is 11.0. The molecule has 2 aromatic rings. The summed E-state index contributed by atoms with van der Waals surface area (Å²) in [5, 5.41) is 10.8. The average molecular weight is 269 g/mol. The lowest BCUT2D eigenvalue weighted by molar-refractivity contribution is -0.147. The zero-order chi connectivity index (χ0) is 14.4. The van der Waals surface area contributed by atoms with Crippen LogP contribution >= 0.6 is 0 Å². The van der Waals surface area contributed by atoms with E-state index in [2.05, 4.69) is 0 Å². The SMILES string of the molecule is CC(=O)O[C@H](CC#N)COc1cccc2ccccc12. The third-order valence-corrected chi connectivity index (χ3v) is 2.83. The lowest BCUT2D eigenvalue weighted by atomic mass is 10.1. The molecule has 0 amide bonds. The molecule has 102 valence electrons. The van der Waals surface area contributed by atoms with E-state index in [1.807, 2.05) is 48.5 Å². The van der Waals surface area contributed by atoms with Gasteiger partial charge in [-0.3, -0.25) is 4.79 Å². The van der Waals surface area contributed by atoms with Crippen molar-refractivity contribution in [2.24, 2.45) is 0 Å². The van der Waals surface area contributed by atoms with Gasteiger partial charge in [0.05, 0.1) is 12.5 Å². The molecule has 4 nitrogen and oxygen atoms in total. The molecule has 0 aromatic heterocycles. The van der Waals surface area contributed by atoms with Crippen molar-refractivity contribution in [2.75, 3.05) is 6.61 Å². The number of fused-ring (bicyclic) bond motifs is 1. The summed E-state index contributed by atoms with van der Waals surface area (Å²) in [7, 11) is 0. The second-order valence-corrected chi connectivity index (χ2v) is 4.38. The monoisotopic (exact) mass is 269 g/mol. The van der Waals surface area contributed by atoms with E-state index in [-0.39, 0.29) is 13.0 Å². The number of hydrogen-bond donors (Lipinski definition) is 0. The van der Waals surface area contributed by atoms with Gasteiger partial charge in [-0.1, -0.05) is 36.4 Å². The van der Waals surface area contributed by atoms with Gasteiger partial charge in [0, 0.05) is 12.3 Å². The van der Waals surface area contributed by atoms with Crippen LogP contribution in [-0.2, 0) is 9.53 Å². The van der Waals surface area contributed by atoms with Gasteiger partial charge in [-0.05, 0) is 11.5 Å². The van der Waals surface area contributed by atoms with Crippen molar-refractivity contribution in [2.45, 2.75) is 19.4 Å². The summed E-state index contributed by atoms with van der Waals surface area (Å²) in [6.07, 6.45) is -0.430. The Kier molecular flexibility index (Phi) is 4.56. The minimum atomic E-state index is -0.545. The summed E-state index contributed by atoms with van der Waals surface area (Å²) < 4.78 is 10.7. The minimum absolute atomic E-state index is 0.115. The molecule has 1 atom stereocenters. The third kappa shape index (κ3) is 3.48. The predicted molar refractivity (Wildman–Crippen MR) is 75.2 cm³/mol. The number of ether oxygens (including phenoxy) is 2. The van der Waals surface area contributed by atoms with Crippen LogP contribution < -0.4 is 4.74 Å². The Labute approximate surface area is 117 Å². The summed E-state index contributed by atoms with van der Waals surface area (Å²) in [4.78, 5) is 11.0. The van der Waals surface area contributed by atoms with E-state index in [4.69, 9.17) is 14.7 Å². The molecule has 20 heavy (non-hydrogen) atoms. The molecule has 0 fully saturated rings. The van der Waals surface area contributed by atoms with Gasteiger partial charge in [0.15, 0.2) is 0 Å². The van der Waals surface area contributed by atoms with Gasteiger partial charge in [0.25, 0.3) is 0 Å². The predicted octanol–water partition coefficient (Wildman–Crippen LogP) is 3.06. The Balaban J connectivity index is 2.11. The number of carbonyl (C=O) groups excluding carboxylic acids is 1. The average Bonchev–Trinajstić information content (AvgIpc) is 2.44. The molecule has 2 aromatic carbocycles. The molecule has 0 spiro atoms. The summed E-state index contributed by atoms with van der Waals surface area (Å²) >= 11 is 0. The fourth-order valence-corrected chi connectivity index (χ4v) is 1.98. The molecule has 0 saturated heterocycles.